The van der Waals surface area contributed by atoms with E-state index in [-0.39, 0.29) is 11.8 Å². The minimum atomic E-state index is 0.131. The largest absolute Gasteiger partial charge is 0.382 e. The highest BCUT2D eigenvalue weighted by atomic mass is 35.5. The van der Waals surface area contributed by atoms with E-state index in [0.717, 1.165) is 26.2 Å². The van der Waals surface area contributed by atoms with Crippen LogP contribution in [0.3, 0.4) is 0 Å². The van der Waals surface area contributed by atoms with E-state index in [1.54, 1.807) is 24.3 Å². The number of likely N-dealkylation sites (N-methyl/N-ethyl adjacent to an activating group) is 1. The number of hydrogen-bond acceptors (Lipinski definition) is 8. The van der Waals surface area contributed by atoms with Crippen LogP contribution in [0.5, 0.6) is 0 Å². The quantitative estimate of drug-likeness (QED) is 0.826. The maximum atomic E-state index is 6.00. The number of nitrogens with two attached hydrogens (primary N) is 2. The second-order valence-electron chi connectivity index (χ2n) is 5.61. The molecule has 2 heterocycles. The van der Waals surface area contributed by atoms with Gasteiger partial charge in [-0.1, -0.05) is 11.6 Å². The van der Waals surface area contributed by atoms with Crippen LogP contribution < -0.4 is 16.4 Å². The summed E-state index contributed by atoms with van der Waals surface area (Å²) in [5, 5.41) is 9.11. The Morgan fingerprint density at radius 1 is 1.00 bits per heavy atom. The van der Waals surface area contributed by atoms with Gasteiger partial charge in [0.1, 0.15) is 0 Å². The SMILES string of the molecule is CN1CCN(c2nc(N)nc(N)c2N=Nc2ccc(Cl)cc2)CC1. The molecule has 1 aliphatic rings. The van der Waals surface area contributed by atoms with Crippen LogP contribution in [0, 0.1) is 0 Å². The molecule has 1 aromatic heterocycles. The number of halogens is 1. The van der Waals surface area contributed by atoms with Gasteiger partial charge in [-0.25, -0.2) is 0 Å². The van der Waals surface area contributed by atoms with Gasteiger partial charge in [-0.15, -0.1) is 5.11 Å². The molecule has 126 valence electrons. The highest BCUT2D eigenvalue weighted by Crippen LogP contribution is 2.34. The molecule has 2 aromatic rings. The Balaban J connectivity index is 1.92. The zero-order chi connectivity index (χ0) is 17.1. The van der Waals surface area contributed by atoms with Crippen molar-refractivity contribution in [2.24, 2.45) is 10.2 Å². The molecule has 1 fully saturated rings. The number of nitrogens with zero attached hydrogens (tertiary/aromatic N) is 6. The van der Waals surface area contributed by atoms with Crippen molar-refractivity contribution in [1.82, 2.24) is 14.9 Å². The monoisotopic (exact) mass is 346 g/mol. The number of nitrogen functional groups attached to an aromatic ring is 2. The Morgan fingerprint density at radius 2 is 1.67 bits per heavy atom. The van der Waals surface area contributed by atoms with Crippen molar-refractivity contribution >= 4 is 40.6 Å². The first-order valence-electron chi connectivity index (χ1n) is 7.57. The number of anilines is 3. The van der Waals surface area contributed by atoms with Crippen LogP contribution >= 0.6 is 11.6 Å². The number of piperazine rings is 1. The zero-order valence-corrected chi connectivity index (χ0v) is 14.1. The van der Waals surface area contributed by atoms with Crippen molar-refractivity contribution in [3.05, 3.63) is 29.3 Å². The topological polar surface area (TPSA) is 109 Å². The molecule has 0 radical (unpaired) electrons. The third-order valence-corrected chi connectivity index (χ3v) is 4.06. The van der Waals surface area contributed by atoms with Crippen molar-refractivity contribution in [1.29, 1.82) is 0 Å². The van der Waals surface area contributed by atoms with Gasteiger partial charge in [0.2, 0.25) is 5.95 Å². The van der Waals surface area contributed by atoms with Gasteiger partial charge in [-0.2, -0.15) is 15.1 Å². The van der Waals surface area contributed by atoms with Gasteiger partial charge in [0.05, 0.1) is 5.69 Å². The van der Waals surface area contributed by atoms with E-state index in [1.165, 1.54) is 0 Å². The second kappa shape index (κ2) is 6.98. The average Bonchev–Trinajstić information content (AvgIpc) is 2.56. The summed E-state index contributed by atoms with van der Waals surface area (Å²) in [4.78, 5) is 12.7. The third-order valence-electron chi connectivity index (χ3n) is 3.80. The lowest BCUT2D eigenvalue weighted by molar-refractivity contribution is 0.312. The number of rotatable bonds is 3. The molecule has 24 heavy (non-hydrogen) atoms. The van der Waals surface area contributed by atoms with Gasteiger partial charge in [0.25, 0.3) is 0 Å². The summed E-state index contributed by atoms with van der Waals surface area (Å²) in [6.07, 6.45) is 0. The van der Waals surface area contributed by atoms with E-state index in [1.807, 2.05) is 0 Å². The molecular formula is C15H19ClN8. The van der Waals surface area contributed by atoms with Crippen LogP contribution in [-0.2, 0) is 0 Å². The molecule has 1 aliphatic heterocycles. The van der Waals surface area contributed by atoms with E-state index < -0.39 is 0 Å². The van der Waals surface area contributed by atoms with Gasteiger partial charge in [-0.3, -0.25) is 0 Å². The molecule has 1 saturated heterocycles. The smallest absolute Gasteiger partial charge is 0.224 e. The summed E-state index contributed by atoms with van der Waals surface area (Å²) in [7, 11) is 2.08. The fraction of sp³-hybridized carbons (Fsp3) is 0.333. The summed E-state index contributed by atoms with van der Waals surface area (Å²) < 4.78 is 0. The highest BCUT2D eigenvalue weighted by Gasteiger charge is 2.21. The van der Waals surface area contributed by atoms with Gasteiger partial charge in [-0.05, 0) is 31.3 Å². The lowest BCUT2D eigenvalue weighted by Crippen LogP contribution is -2.45. The van der Waals surface area contributed by atoms with Crippen molar-refractivity contribution < 1.29 is 0 Å². The zero-order valence-electron chi connectivity index (χ0n) is 13.4. The van der Waals surface area contributed by atoms with Crippen LogP contribution in [-0.4, -0.2) is 48.1 Å². The number of azo groups is 1. The van der Waals surface area contributed by atoms with Crippen molar-refractivity contribution in [3.63, 3.8) is 0 Å². The predicted octanol–water partition coefficient (Wildman–Crippen LogP) is 2.46. The van der Waals surface area contributed by atoms with E-state index in [2.05, 4.69) is 37.0 Å². The Labute approximate surface area is 145 Å². The summed E-state index contributed by atoms with van der Waals surface area (Å²) in [5.74, 6) is 0.965. The van der Waals surface area contributed by atoms with E-state index in [0.29, 0.717) is 22.2 Å². The molecule has 0 spiro atoms. The van der Waals surface area contributed by atoms with Gasteiger partial charge in [0.15, 0.2) is 17.3 Å². The van der Waals surface area contributed by atoms with E-state index >= 15 is 0 Å². The molecule has 9 heteroatoms. The second-order valence-corrected chi connectivity index (χ2v) is 6.04. The highest BCUT2D eigenvalue weighted by molar-refractivity contribution is 6.30. The van der Waals surface area contributed by atoms with Gasteiger partial charge in [0, 0.05) is 31.2 Å². The summed E-state index contributed by atoms with van der Waals surface area (Å²) >= 11 is 5.87. The fourth-order valence-electron chi connectivity index (χ4n) is 2.43. The van der Waals surface area contributed by atoms with Gasteiger partial charge < -0.3 is 21.3 Å². The maximum absolute atomic E-state index is 6.00. The lowest BCUT2D eigenvalue weighted by atomic mass is 10.3. The van der Waals surface area contributed by atoms with Crippen LogP contribution in [0.15, 0.2) is 34.5 Å². The van der Waals surface area contributed by atoms with E-state index in [9.17, 15) is 0 Å². The Morgan fingerprint density at radius 3 is 2.33 bits per heavy atom. The summed E-state index contributed by atoms with van der Waals surface area (Å²) in [6.45, 7) is 3.49. The normalized spacial score (nSPS) is 16.0. The number of aromatic nitrogens is 2. The Kier molecular flexibility index (Phi) is 4.77. The fourth-order valence-corrected chi connectivity index (χ4v) is 2.55. The molecule has 0 bridgehead atoms. The Hall–Kier alpha value is -2.45. The molecule has 0 atom stereocenters. The molecule has 1 aromatic carbocycles. The summed E-state index contributed by atoms with van der Waals surface area (Å²) in [6, 6.07) is 7.05. The van der Waals surface area contributed by atoms with Crippen LogP contribution in [0.1, 0.15) is 0 Å². The first kappa shape index (κ1) is 16.4. The third kappa shape index (κ3) is 3.72. The molecule has 0 amide bonds. The van der Waals surface area contributed by atoms with Crippen molar-refractivity contribution in [2.45, 2.75) is 0 Å². The maximum Gasteiger partial charge on any atom is 0.224 e. The van der Waals surface area contributed by atoms with E-state index in [4.69, 9.17) is 23.1 Å². The lowest BCUT2D eigenvalue weighted by Gasteiger charge is -2.33. The molecule has 0 aliphatic carbocycles. The average molecular weight is 347 g/mol. The Bertz CT molecular complexity index is 738. The molecule has 8 nitrogen and oxygen atoms in total. The van der Waals surface area contributed by atoms with Crippen molar-refractivity contribution in [3.8, 4) is 0 Å². The van der Waals surface area contributed by atoms with Gasteiger partial charge >= 0.3 is 0 Å². The molecule has 4 N–H and O–H groups in total. The number of hydrogen-bond donors (Lipinski definition) is 2. The number of benzene rings is 1. The molecule has 3 rings (SSSR count). The minimum absolute atomic E-state index is 0.131. The predicted molar refractivity (Wildman–Crippen MR) is 96.2 cm³/mol. The first-order chi connectivity index (χ1) is 11.5. The molecular weight excluding hydrogens is 328 g/mol. The first-order valence-corrected chi connectivity index (χ1v) is 7.94. The van der Waals surface area contributed by atoms with Crippen LogP contribution in [0.2, 0.25) is 5.02 Å². The molecule has 0 saturated carbocycles. The minimum Gasteiger partial charge on any atom is -0.382 e. The standard InChI is InChI=1S/C15H19ClN8/c1-23-6-8-24(9-7-23)14-12(13(17)19-15(18)20-14)22-21-11-4-2-10(16)3-5-11/h2-5H,6-9H2,1H3,(H4,17,18,19,20). The van der Waals surface area contributed by atoms with Crippen LogP contribution in [0.25, 0.3) is 0 Å². The van der Waals surface area contributed by atoms with Crippen LogP contribution in [0.4, 0.5) is 29.0 Å². The summed E-state index contributed by atoms with van der Waals surface area (Å²) in [5.41, 5.74) is 12.9. The molecule has 0 unspecified atom stereocenters. The van der Waals surface area contributed by atoms with Crippen molar-refractivity contribution in [2.75, 3.05) is 49.6 Å².